The van der Waals surface area contributed by atoms with Gasteiger partial charge >= 0.3 is 5.97 Å². The summed E-state index contributed by atoms with van der Waals surface area (Å²) in [5, 5.41) is 0. The topological polar surface area (TPSA) is 55.0 Å². The van der Waals surface area contributed by atoms with Crippen LogP contribution in [0.2, 0.25) is 0 Å². The molecule has 0 spiro atoms. The standard InChI is InChI=1S/C12H10BFN2O2/c1-2-18-12(17)11-15-6-10(16-11)8-4-3-7(13)5-9(8)14/h3-6H,2H2,1H3,(H,15,16). The number of imidazole rings is 1. The lowest BCUT2D eigenvalue weighted by molar-refractivity contribution is 0.0513. The van der Waals surface area contributed by atoms with Crippen molar-refractivity contribution in [2.45, 2.75) is 6.92 Å². The van der Waals surface area contributed by atoms with Gasteiger partial charge in [-0.25, -0.2) is 14.2 Å². The van der Waals surface area contributed by atoms with Crippen LogP contribution in [0.5, 0.6) is 0 Å². The fourth-order valence-corrected chi connectivity index (χ4v) is 1.51. The smallest absolute Gasteiger partial charge is 0.374 e. The molecule has 6 heteroatoms. The summed E-state index contributed by atoms with van der Waals surface area (Å²) in [4.78, 5) is 18.0. The van der Waals surface area contributed by atoms with E-state index in [1.54, 1.807) is 13.0 Å². The minimum absolute atomic E-state index is 0.0445. The fourth-order valence-electron chi connectivity index (χ4n) is 1.51. The third kappa shape index (κ3) is 2.42. The second-order valence-electron chi connectivity index (χ2n) is 3.61. The van der Waals surface area contributed by atoms with Crippen molar-refractivity contribution in [3.63, 3.8) is 0 Å². The largest absolute Gasteiger partial charge is 0.460 e. The van der Waals surface area contributed by atoms with Crippen LogP contribution in [-0.2, 0) is 4.74 Å². The van der Waals surface area contributed by atoms with E-state index < -0.39 is 11.8 Å². The van der Waals surface area contributed by atoms with Crippen molar-refractivity contribution >= 4 is 19.3 Å². The van der Waals surface area contributed by atoms with E-state index in [0.717, 1.165) is 0 Å². The SMILES string of the molecule is [B]c1ccc(-c2cnc(C(=O)OCC)[nH]2)c(F)c1. The van der Waals surface area contributed by atoms with Crippen molar-refractivity contribution in [3.05, 3.63) is 36.0 Å². The first-order valence-electron chi connectivity index (χ1n) is 5.39. The highest BCUT2D eigenvalue weighted by Gasteiger charge is 2.13. The molecule has 0 fully saturated rings. The molecule has 0 bridgehead atoms. The zero-order chi connectivity index (χ0) is 13.1. The molecule has 1 N–H and O–H groups in total. The van der Waals surface area contributed by atoms with Gasteiger partial charge in [-0.2, -0.15) is 0 Å². The minimum Gasteiger partial charge on any atom is -0.460 e. The zero-order valence-electron chi connectivity index (χ0n) is 9.74. The Morgan fingerprint density at radius 3 is 3.00 bits per heavy atom. The minimum atomic E-state index is -0.570. The van der Waals surface area contributed by atoms with E-state index in [2.05, 4.69) is 9.97 Å². The second kappa shape index (κ2) is 5.04. The number of esters is 1. The molecule has 0 unspecified atom stereocenters. The van der Waals surface area contributed by atoms with Gasteiger partial charge in [0.05, 0.1) is 18.5 Å². The van der Waals surface area contributed by atoms with Crippen LogP contribution in [0.4, 0.5) is 4.39 Å². The summed E-state index contributed by atoms with van der Waals surface area (Å²) in [6.45, 7) is 1.95. The molecular formula is C12H10BFN2O2. The number of carbonyl (C=O) groups is 1. The van der Waals surface area contributed by atoms with Gasteiger partial charge < -0.3 is 9.72 Å². The summed E-state index contributed by atoms with van der Waals surface area (Å²) < 4.78 is 18.4. The van der Waals surface area contributed by atoms with Crippen molar-refractivity contribution < 1.29 is 13.9 Å². The van der Waals surface area contributed by atoms with Gasteiger partial charge in [0.2, 0.25) is 5.82 Å². The highest BCUT2D eigenvalue weighted by atomic mass is 19.1. The van der Waals surface area contributed by atoms with Gasteiger partial charge in [0.25, 0.3) is 0 Å². The molecule has 1 heterocycles. The summed E-state index contributed by atoms with van der Waals surface area (Å²) in [7, 11) is 5.46. The number of aromatic nitrogens is 2. The molecule has 90 valence electrons. The molecule has 0 aliphatic rings. The van der Waals surface area contributed by atoms with Crippen molar-refractivity contribution in [2.24, 2.45) is 0 Å². The molecule has 2 radical (unpaired) electrons. The Hall–Kier alpha value is -2.11. The molecule has 0 aliphatic heterocycles. The molecule has 2 rings (SSSR count). The van der Waals surface area contributed by atoms with E-state index in [0.29, 0.717) is 16.7 Å². The summed E-state index contributed by atoms with van der Waals surface area (Å²) in [5.74, 6) is -1.00. The summed E-state index contributed by atoms with van der Waals surface area (Å²) in [6, 6.07) is 4.30. The second-order valence-corrected chi connectivity index (χ2v) is 3.61. The average Bonchev–Trinajstić information content (AvgIpc) is 2.78. The van der Waals surface area contributed by atoms with Gasteiger partial charge in [0, 0.05) is 5.56 Å². The molecule has 1 aromatic carbocycles. The van der Waals surface area contributed by atoms with Crippen molar-refractivity contribution in [2.75, 3.05) is 6.61 Å². The molecular weight excluding hydrogens is 234 g/mol. The van der Waals surface area contributed by atoms with Crippen LogP contribution in [0.25, 0.3) is 11.3 Å². The summed E-state index contributed by atoms with van der Waals surface area (Å²) in [6.07, 6.45) is 1.38. The van der Waals surface area contributed by atoms with Crippen molar-refractivity contribution in [1.82, 2.24) is 9.97 Å². The molecule has 2 aromatic rings. The van der Waals surface area contributed by atoms with Crippen LogP contribution < -0.4 is 5.46 Å². The number of hydrogen-bond acceptors (Lipinski definition) is 3. The van der Waals surface area contributed by atoms with E-state index in [4.69, 9.17) is 12.6 Å². The molecule has 0 saturated carbocycles. The van der Waals surface area contributed by atoms with Gasteiger partial charge in [-0.3, -0.25) is 0 Å². The first-order valence-corrected chi connectivity index (χ1v) is 5.39. The Labute approximate surface area is 105 Å². The Balaban J connectivity index is 2.32. The van der Waals surface area contributed by atoms with Crippen LogP contribution in [0, 0.1) is 5.82 Å². The van der Waals surface area contributed by atoms with E-state index in [9.17, 15) is 9.18 Å². The van der Waals surface area contributed by atoms with Crippen LogP contribution in [0.3, 0.4) is 0 Å². The molecule has 4 nitrogen and oxygen atoms in total. The van der Waals surface area contributed by atoms with Gasteiger partial charge in [-0.1, -0.05) is 17.6 Å². The highest BCUT2D eigenvalue weighted by Crippen LogP contribution is 2.19. The number of rotatable bonds is 3. The Morgan fingerprint density at radius 1 is 1.56 bits per heavy atom. The number of aromatic amines is 1. The van der Waals surface area contributed by atoms with Crippen LogP contribution in [-0.4, -0.2) is 30.4 Å². The van der Waals surface area contributed by atoms with Crippen LogP contribution >= 0.6 is 0 Å². The molecule has 18 heavy (non-hydrogen) atoms. The van der Waals surface area contributed by atoms with Crippen LogP contribution in [0.1, 0.15) is 17.5 Å². The number of nitrogens with one attached hydrogen (secondary N) is 1. The fraction of sp³-hybridized carbons (Fsp3) is 0.167. The molecule has 0 aliphatic carbocycles. The summed E-state index contributed by atoms with van der Waals surface area (Å²) >= 11 is 0. The number of ether oxygens (including phenoxy) is 1. The predicted octanol–water partition coefficient (Wildman–Crippen LogP) is 1.19. The lowest BCUT2D eigenvalue weighted by Crippen LogP contribution is -2.06. The Morgan fingerprint density at radius 2 is 2.33 bits per heavy atom. The maximum atomic E-state index is 13.7. The van der Waals surface area contributed by atoms with Crippen molar-refractivity contribution in [1.29, 1.82) is 0 Å². The highest BCUT2D eigenvalue weighted by molar-refractivity contribution is 6.32. The number of hydrogen-bond donors (Lipinski definition) is 1. The molecule has 1 aromatic heterocycles. The predicted molar refractivity (Wildman–Crippen MR) is 65.3 cm³/mol. The Kier molecular flexibility index (Phi) is 3.46. The normalized spacial score (nSPS) is 10.3. The third-order valence-corrected chi connectivity index (χ3v) is 2.33. The van der Waals surface area contributed by atoms with Gasteiger partial charge in [0.15, 0.2) is 0 Å². The molecule has 0 atom stereocenters. The first kappa shape index (κ1) is 12.4. The van der Waals surface area contributed by atoms with E-state index in [-0.39, 0.29) is 12.4 Å². The monoisotopic (exact) mass is 244 g/mol. The van der Waals surface area contributed by atoms with E-state index in [1.807, 2.05) is 0 Å². The van der Waals surface area contributed by atoms with Gasteiger partial charge in [-0.05, 0) is 13.0 Å². The molecule has 0 saturated heterocycles. The number of H-pyrrole nitrogens is 1. The Bertz CT molecular complexity index is 583. The average molecular weight is 244 g/mol. The lowest BCUT2D eigenvalue weighted by Gasteiger charge is -2.01. The first-order chi connectivity index (χ1) is 8.61. The summed E-state index contributed by atoms with van der Waals surface area (Å²) in [5.41, 5.74) is 1.03. The van der Waals surface area contributed by atoms with E-state index in [1.165, 1.54) is 18.3 Å². The maximum absolute atomic E-state index is 13.7. The third-order valence-electron chi connectivity index (χ3n) is 2.33. The number of nitrogens with zero attached hydrogens (tertiary/aromatic N) is 1. The van der Waals surface area contributed by atoms with Gasteiger partial charge in [0.1, 0.15) is 13.7 Å². The van der Waals surface area contributed by atoms with Crippen molar-refractivity contribution in [3.8, 4) is 11.3 Å². The maximum Gasteiger partial charge on any atom is 0.374 e. The lowest BCUT2D eigenvalue weighted by atomic mass is 9.94. The van der Waals surface area contributed by atoms with Gasteiger partial charge in [-0.15, -0.1) is 0 Å². The quantitative estimate of drug-likeness (QED) is 0.651. The number of benzene rings is 1. The van der Waals surface area contributed by atoms with E-state index >= 15 is 0 Å². The number of halogens is 1. The zero-order valence-corrected chi connectivity index (χ0v) is 9.74. The van der Waals surface area contributed by atoms with Crippen LogP contribution in [0.15, 0.2) is 24.4 Å². The number of carbonyl (C=O) groups excluding carboxylic acids is 1. The molecule has 0 amide bonds.